The number of benzene rings is 2. The first-order valence-electron chi connectivity index (χ1n) is 7.71. The van der Waals surface area contributed by atoms with Gasteiger partial charge in [0.1, 0.15) is 5.82 Å². The second-order valence-corrected chi connectivity index (χ2v) is 6.32. The first-order valence-corrected chi connectivity index (χ1v) is 8.69. The number of nitrogens with zero attached hydrogens (tertiary/aromatic N) is 3. The molecule has 0 aliphatic carbocycles. The normalized spacial score (nSPS) is 10.6. The second-order valence-electron chi connectivity index (χ2n) is 5.40. The van der Waals surface area contributed by atoms with Crippen LogP contribution in [-0.2, 0) is 4.79 Å². The Hall–Kier alpha value is -3.27. The fourth-order valence-electron chi connectivity index (χ4n) is 2.28. The molecule has 1 amide bonds. The average Bonchev–Trinajstić information content (AvgIpc) is 3.10. The standard InChI is InChI=1S/C17H13FN4O4S/c1-10-13(7-4-8-14(10)22(24)25)19-15(23)9-27-17-21-20-16(26-17)11-5-2-3-6-12(11)18/h2-8H,9H2,1H3,(H,19,23). The Kier molecular flexibility index (Phi) is 5.46. The van der Waals surface area contributed by atoms with E-state index >= 15 is 0 Å². The lowest BCUT2D eigenvalue weighted by Gasteiger charge is -2.07. The molecule has 0 spiro atoms. The Bertz CT molecular complexity index is 1010. The lowest BCUT2D eigenvalue weighted by molar-refractivity contribution is -0.385. The number of amides is 1. The summed E-state index contributed by atoms with van der Waals surface area (Å²) in [5.41, 5.74) is 0.813. The number of nitro groups is 1. The number of nitro benzene ring substituents is 1. The number of halogens is 1. The molecule has 0 saturated heterocycles. The largest absolute Gasteiger partial charge is 0.411 e. The van der Waals surface area contributed by atoms with Crippen molar-refractivity contribution in [2.45, 2.75) is 12.1 Å². The monoisotopic (exact) mass is 388 g/mol. The summed E-state index contributed by atoms with van der Waals surface area (Å²) in [6, 6.07) is 10.4. The van der Waals surface area contributed by atoms with Crippen molar-refractivity contribution in [2.24, 2.45) is 0 Å². The molecule has 0 aliphatic rings. The number of hydrogen-bond donors (Lipinski definition) is 1. The predicted molar refractivity (Wildman–Crippen MR) is 96.9 cm³/mol. The molecule has 0 fully saturated rings. The maximum atomic E-state index is 13.7. The topological polar surface area (TPSA) is 111 Å². The molecule has 2 aromatic carbocycles. The molecule has 27 heavy (non-hydrogen) atoms. The number of nitrogens with one attached hydrogen (secondary N) is 1. The fraction of sp³-hybridized carbons (Fsp3) is 0.118. The van der Waals surface area contributed by atoms with Crippen LogP contribution in [0.1, 0.15) is 5.56 Å². The van der Waals surface area contributed by atoms with Gasteiger partial charge in [-0.05, 0) is 25.1 Å². The SMILES string of the molecule is Cc1c(NC(=O)CSc2nnc(-c3ccccc3F)o2)cccc1[N+](=O)[O-]. The van der Waals surface area contributed by atoms with Crippen molar-refractivity contribution in [2.75, 3.05) is 11.1 Å². The molecule has 0 aliphatic heterocycles. The van der Waals surface area contributed by atoms with E-state index < -0.39 is 16.6 Å². The average molecular weight is 388 g/mol. The summed E-state index contributed by atoms with van der Waals surface area (Å²) in [5, 5.41) is 21.2. The van der Waals surface area contributed by atoms with Gasteiger partial charge in [-0.2, -0.15) is 0 Å². The second kappa shape index (κ2) is 7.96. The third-order valence-electron chi connectivity index (χ3n) is 3.61. The predicted octanol–water partition coefficient (Wildman–Crippen LogP) is 3.82. The van der Waals surface area contributed by atoms with Crippen LogP contribution in [-0.4, -0.2) is 26.8 Å². The van der Waals surface area contributed by atoms with Gasteiger partial charge in [0.2, 0.25) is 5.91 Å². The molecule has 1 N–H and O–H groups in total. The Morgan fingerprint density at radius 1 is 1.26 bits per heavy atom. The first-order chi connectivity index (χ1) is 13.0. The fourth-order valence-corrected chi connectivity index (χ4v) is 2.84. The van der Waals surface area contributed by atoms with E-state index in [0.29, 0.717) is 11.3 Å². The summed E-state index contributed by atoms with van der Waals surface area (Å²) in [6.07, 6.45) is 0. The van der Waals surface area contributed by atoms with Crippen LogP contribution in [0.3, 0.4) is 0 Å². The molecular weight excluding hydrogens is 375 g/mol. The highest BCUT2D eigenvalue weighted by Crippen LogP contribution is 2.27. The number of thioether (sulfide) groups is 1. The minimum atomic E-state index is -0.511. The van der Waals surface area contributed by atoms with Crippen LogP contribution in [0, 0.1) is 22.9 Å². The van der Waals surface area contributed by atoms with Gasteiger partial charge in [-0.15, -0.1) is 10.2 Å². The molecule has 0 saturated carbocycles. The Labute approximate surface area is 156 Å². The van der Waals surface area contributed by atoms with Gasteiger partial charge in [0.15, 0.2) is 0 Å². The van der Waals surface area contributed by atoms with Crippen molar-refractivity contribution in [1.82, 2.24) is 10.2 Å². The van der Waals surface area contributed by atoms with Crippen molar-refractivity contribution in [3.63, 3.8) is 0 Å². The van der Waals surface area contributed by atoms with Crippen molar-refractivity contribution >= 4 is 29.0 Å². The molecule has 8 nitrogen and oxygen atoms in total. The number of anilines is 1. The van der Waals surface area contributed by atoms with Crippen LogP contribution < -0.4 is 5.32 Å². The zero-order valence-electron chi connectivity index (χ0n) is 14.0. The van der Waals surface area contributed by atoms with Crippen LogP contribution >= 0.6 is 11.8 Å². The van der Waals surface area contributed by atoms with E-state index in [1.165, 1.54) is 24.3 Å². The lowest BCUT2D eigenvalue weighted by atomic mass is 10.1. The minimum Gasteiger partial charge on any atom is -0.411 e. The summed E-state index contributed by atoms with van der Waals surface area (Å²) in [6.45, 7) is 1.56. The van der Waals surface area contributed by atoms with E-state index in [1.807, 2.05) is 0 Å². The van der Waals surface area contributed by atoms with Gasteiger partial charge in [-0.25, -0.2) is 4.39 Å². The van der Waals surface area contributed by atoms with Gasteiger partial charge in [-0.1, -0.05) is 30.0 Å². The smallest absolute Gasteiger partial charge is 0.277 e. The number of hydrogen-bond acceptors (Lipinski definition) is 7. The summed E-state index contributed by atoms with van der Waals surface area (Å²) in [5.74, 6) is -0.919. The molecule has 0 bridgehead atoms. The third-order valence-corrected chi connectivity index (χ3v) is 4.43. The molecule has 1 aromatic heterocycles. The molecule has 1 heterocycles. The number of rotatable bonds is 6. The zero-order valence-corrected chi connectivity index (χ0v) is 14.8. The highest BCUT2D eigenvalue weighted by molar-refractivity contribution is 7.99. The van der Waals surface area contributed by atoms with Crippen molar-refractivity contribution in [3.8, 4) is 11.5 Å². The van der Waals surface area contributed by atoms with Crippen molar-refractivity contribution in [1.29, 1.82) is 0 Å². The number of carbonyl (C=O) groups is 1. The molecule has 0 unspecified atom stereocenters. The number of aromatic nitrogens is 2. The van der Waals surface area contributed by atoms with Crippen LogP contribution in [0.25, 0.3) is 11.5 Å². The van der Waals surface area contributed by atoms with Crippen LogP contribution in [0.15, 0.2) is 52.1 Å². The molecule has 138 valence electrons. The first kappa shape index (κ1) is 18.5. The molecule has 3 rings (SSSR count). The minimum absolute atomic E-state index is 0.0190. The number of carbonyl (C=O) groups excluding carboxylic acids is 1. The van der Waals surface area contributed by atoms with Gasteiger partial charge in [0, 0.05) is 6.07 Å². The van der Waals surface area contributed by atoms with E-state index in [-0.39, 0.29) is 28.1 Å². The van der Waals surface area contributed by atoms with E-state index in [4.69, 9.17) is 4.42 Å². The van der Waals surface area contributed by atoms with E-state index in [9.17, 15) is 19.3 Å². The van der Waals surface area contributed by atoms with Crippen LogP contribution in [0.5, 0.6) is 0 Å². The lowest BCUT2D eigenvalue weighted by Crippen LogP contribution is -2.15. The summed E-state index contributed by atoms with van der Waals surface area (Å²) in [4.78, 5) is 22.5. The highest BCUT2D eigenvalue weighted by Gasteiger charge is 2.17. The molecule has 10 heteroatoms. The Balaban J connectivity index is 1.63. The van der Waals surface area contributed by atoms with Gasteiger partial charge in [0.05, 0.1) is 27.5 Å². The Morgan fingerprint density at radius 2 is 2.04 bits per heavy atom. The summed E-state index contributed by atoms with van der Waals surface area (Å²) in [7, 11) is 0. The van der Waals surface area contributed by atoms with Crippen LogP contribution in [0.4, 0.5) is 15.8 Å². The molecule has 3 aromatic rings. The maximum Gasteiger partial charge on any atom is 0.277 e. The van der Waals surface area contributed by atoms with E-state index in [2.05, 4.69) is 15.5 Å². The highest BCUT2D eigenvalue weighted by atomic mass is 32.2. The zero-order chi connectivity index (χ0) is 19.4. The molecular formula is C17H13FN4O4S. The van der Waals surface area contributed by atoms with Gasteiger partial charge < -0.3 is 9.73 Å². The molecule has 0 atom stereocenters. The Morgan fingerprint density at radius 3 is 2.78 bits per heavy atom. The molecule has 0 radical (unpaired) electrons. The summed E-state index contributed by atoms with van der Waals surface area (Å²) < 4.78 is 19.1. The quantitative estimate of drug-likeness (QED) is 0.388. The van der Waals surface area contributed by atoms with Gasteiger partial charge in [0.25, 0.3) is 16.8 Å². The van der Waals surface area contributed by atoms with Crippen LogP contribution in [0.2, 0.25) is 0 Å². The third kappa shape index (κ3) is 4.29. The van der Waals surface area contributed by atoms with E-state index in [0.717, 1.165) is 11.8 Å². The van der Waals surface area contributed by atoms with Gasteiger partial charge >= 0.3 is 0 Å². The maximum absolute atomic E-state index is 13.7. The van der Waals surface area contributed by atoms with Crippen molar-refractivity contribution < 1.29 is 18.5 Å². The van der Waals surface area contributed by atoms with Gasteiger partial charge in [-0.3, -0.25) is 14.9 Å². The van der Waals surface area contributed by atoms with Crippen molar-refractivity contribution in [3.05, 3.63) is 64.0 Å². The summed E-state index contributed by atoms with van der Waals surface area (Å²) >= 11 is 0.977. The van der Waals surface area contributed by atoms with E-state index in [1.54, 1.807) is 25.1 Å².